The molecule has 0 saturated heterocycles. The number of carbonyl (C=O) groups excluding carboxylic acids is 2. The molecule has 224 valence electrons. The van der Waals surface area contributed by atoms with E-state index in [2.05, 4.69) is 5.32 Å². The molecule has 1 fully saturated rings. The summed E-state index contributed by atoms with van der Waals surface area (Å²) in [7, 11) is -4.15. The van der Waals surface area contributed by atoms with E-state index < -0.39 is 28.5 Å². The van der Waals surface area contributed by atoms with E-state index >= 15 is 0 Å². The van der Waals surface area contributed by atoms with Crippen LogP contribution in [0.3, 0.4) is 0 Å². The standard InChI is InChI=1S/C33H40ClN3O4S/c1-4-30(33(39)35-28-11-6-5-7-12-28)36(22-26-16-14-24(2)15-17-26)32(38)23-37(31-13-9-8-10-25(31)3)42(40,41)29-20-18-27(34)19-21-29/h8-10,13-21,28,30H,4-7,11-12,22-23H2,1-3H3,(H,35,39)/t30-/m0/s1. The minimum atomic E-state index is -4.15. The average Bonchev–Trinajstić information content (AvgIpc) is 2.98. The van der Waals surface area contributed by atoms with Gasteiger partial charge in [0.1, 0.15) is 12.6 Å². The molecule has 0 spiro atoms. The van der Waals surface area contributed by atoms with Gasteiger partial charge in [-0.1, -0.05) is 85.8 Å². The molecule has 42 heavy (non-hydrogen) atoms. The van der Waals surface area contributed by atoms with Gasteiger partial charge in [0.25, 0.3) is 10.0 Å². The van der Waals surface area contributed by atoms with Crippen LogP contribution in [0, 0.1) is 13.8 Å². The first-order valence-corrected chi connectivity index (χ1v) is 16.4. The number of hydrogen-bond donors (Lipinski definition) is 1. The molecule has 0 aromatic heterocycles. The molecule has 3 aromatic rings. The number of nitrogens with zero attached hydrogens (tertiary/aromatic N) is 2. The molecule has 0 bridgehead atoms. The Morgan fingerprint density at radius 1 is 0.929 bits per heavy atom. The molecule has 7 nitrogen and oxygen atoms in total. The number of carbonyl (C=O) groups is 2. The van der Waals surface area contributed by atoms with Crippen LogP contribution >= 0.6 is 11.6 Å². The summed E-state index contributed by atoms with van der Waals surface area (Å²) in [5.41, 5.74) is 3.05. The fourth-order valence-electron chi connectivity index (χ4n) is 5.44. The summed E-state index contributed by atoms with van der Waals surface area (Å²) in [4.78, 5) is 29.5. The van der Waals surface area contributed by atoms with E-state index in [1.165, 1.54) is 35.6 Å². The summed E-state index contributed by atoms with van der Waals surface area (Å²) in [5, 5.41) is 3.59. The molecule has 2 amide bonds. The van der Waals surface area contributed by atoms with Crippen molar-refractivity contribution < 1.29 is 18.0 Å². The Kier molecular flexibility index (Phi) is 10.7. The van der Waals surface area contributed by atoms with Crippen molar-refractivity contribution in [1.82, 2.24) is 10.2 Å². The van der Waals surface area contributed by atoms with Crippen molar-refractivity contribution in [3.8, 4) is 0 Å². The predicted molar refractivity (Wildman–Crippen MR) is 168 cm³/mol. The molecule has 1 saturated carbocycles. The van der Waals surface area contributed by atoms with Gasteiger partial charge in [0, 0.05) is 17.6 Å². The second kappa shape index (κ2) is 14.2. The highest BCUT2D eigenvalue weighted by Gasteiger charge is 2.34. The number of rotatable bonds is 11. The number of nitrogens with one attached hydrogen (secondary N) is 1. The van der Waals surface area contributed by atoms with Crippen molar-refractivity contribution in [3.63, 3.8) is 0 Å². The Labute approximate surface area is 254 Å². The molecule has 0 radical (unpaired) electrons. The van der Waals surface area contributed by atoms with Crippen LogP contribution in [0.1, 0.15) is 62.1 Å². The first kappa shape index (κ1) is 31.6. The van der Waals surface area contributed by atoms with Crippen LogP contribution in [0.25, 0.3) is 0 Å². The van der Waals surface area contributed by atoms with Gasteiger partial charge in [0.05, 0.1) is 10.6 Å². The van der Waals surface area contributed by atoms with Gasteiger partial charge in [0.2, 0.25) is 11.8 Å². The van der Waals surface area contributed by atoms with Crippen LogP contribution in [0.2, 0.25) is 5.02 Å². The van der Waals surface area contributed by atoms with Gasteiger partial charge in [-0.15, -0.1) is 0 Å². The summed E-state index contributed by atoms with van der Waals surface area (Å²) in [6.45, 7) is 5.39. The second-order valence-corrected chi connectivity index (χ2v) is 13.3. The van der Waals surface area contributed by atoms with Crippen LogP contribution in [-0.4, -0.2) is 43.8 Å². The SMILES string of the molecule is CC[C@@H](C(=O)NC1CCCCC1)N(Cc1ccc(C)cc1)C(=O)CN(c1ccccc1C)S(=O)(=O)c1ccc(Cl)cc1. The van der Waals surface area contributed by atoms with Gasteiger partial charge in [-0.25, -0.2) is 8.42 Å². The van der Waals surface area contributed by atoms with Crippen molar-refractivity contribution in [3.05, 3.63) is 94.5 Å². The maximum atomic E-state index is 14.3. The number of aryl methyl sites for hydroxylation is 2. The van der Waals surface area contributed by atoms with E-state index in [0.29, 0.717) is 22.7 Å². The zero-order valence-corrected chi connectivity index (χ0v) is 26.1. The first-order chi connectivity index (χ1) is 20.1. The van der Waals surface area contributed by atoms with Gasteiger partial charge in [0.15, 0.2) is 0 Å². The first-order valence-electron chi connectivity index (χ1n) is 14.6. The molecule has 0 aliphatic heterocycles. The van der Waals surface area contributed by atoms with Crippen LogP contribution < -0.4 is 9.62 Å². The van der Waals surface area contributed by atoms with Crippen molar-refractivity contribution in [2.45, 2.75) is 82.8 Å². The molecule has 1 aliphatic rings. The number of para-hydroxylation sites is 1. The monoisotopic (exact) mass is 609 g/mol. The van der Waals surface area contributed by atoms with Crippen molar-refractivity contribution in [1.29, 1.82) is 0 Å². The highest BCUT2D eigenvalue weighted by molar-refractivity contribution is 7.92. The lowest BCUT2D eigenvalue weighted by Gasteiger charge is -2.34. The molecule has 3 aromatic carbocycles. The average molecular weight is 610 g/mol. The minimum absolute atomic E-state index is 0.0233. The number of sulfonamides is 1. The molecular weight excluding hydrogens is 570 g/mol. The Morgan fingerprint density at radius 2 is 1.57 bits per heavy atom. The number of benzene rings is 3. The maximum absolute atomic E-state index is 14.3. The molecule has 9 heteroatoms. The molecule has 1 aliphatic carbocycles. The minimum Gasteiger partial charge on any atom is -0.352 e. The van der Waals surface area contributed by atoms with Crippen LogP contribution in [0.5, 0.6) is 0 Å². The lowest BCUT2D eigenvalue weighted by Crippen LogP contribution is -2.54. The fraction of sp³-hybridized carbons (Fsp3) is 0.394. The normalized spacial score (nSPS) is 14.7. The van der Waals surface area contributed by atoms with E-state index in [0.717, 1.165) is 41.1 Å². The quantitative estimate of drug-likeness (QED) is 0.272. The lowest BCUT2D eigenvalue weighted by atomic mass is 9.95. The van der Waals surface area contributed by atoms with E-state index in [9.17, 15) is 18.0 Å². The van der Waals surface area contributed by atoms with Gasteiger partial charge >= 0.3 is 0 Å². The number of anilines is 1. The Balaban J connectivity index is 1.71. The third kappa shape index (κ3) is 7.72. The summed E-state index contributed by atoms with van der Waals surface area (Å²) in [6, 6.07) is 20.1. The predicted octanol–water partition coefficient (Wildman–Crippen LogP) is 6.41. The molecular formula is C33H40ClN3O4S. The van der Waals surface area contributed by atoms with Gasteiger partial charge < -0.3 is 10.2 Å². The van der Waals surface area contributed by atoms with Gasteiger partial charge in [-0.05, 0) is 74.6 Å². The summed E-state index contributed by atoms with van der Waals surface area (Å²) < 4.78 is 29.2. The highest BCUT2D eigenvalue weighted by atomic mass is 35.5. The third-order valence-corrected chi connectivity index (χ3v) is 9.90. The van der Waals surface area contributed by atoms with E-state index in [1.807, 2.05) is 44.2 Å². The number of amides is 2. The summed E-state index contributed by atoms with van der Waals surface area (Å²) >= 11 is 6.04. The maximum Gasteiger partial charge on any atom is 0.264 e. The molecule has 0 heterocycles. The summed E-state index contributed by atoms with van der Waals surface area (Å²) in [5.74, 6) is -0.658. The lowest BCUT2D eigenvalue weighted by molar-refractivity contribution is -0.140. The zero-order valence-electron chi connectivity index (χ0n) is 24.6. The van der Waals surface area contributed by atoms with Crippen molar-refractivity contribution in [2.24, 2.45) is 0 Å². The largest absolute Gasteiger partial charge is 0.352 e. The van der Waals surface area contributed by atoms with Crippen LogP contribution in [0.15, 0.2) is 77.7 Å². The van der Waals surface area contributed by atoms with Crippen molar-refractivity contribution >= 4 is 39.1 Å². The van der Waals surface area contributed by atoms with E-state index in [-0.39, 0.29) is 23.4 Å². The van der Waals surface area contributed by atoms with Crippen LogP contribution in [-0.2, 0) is 26.2 Å². The molecule has 4 rings (SSSR count). The Morgan fingerprint density at radius 3 is 2.19 bits per heavy atom. The van der Waals surface area contributed by atoms with Crippen molar-refractivity contribution in [2.75, 3.05) is 10.8 Å². The second-order valence-electron chi connectivity index (χ2n) is 11.0. The van der Waals surface area contributed by atoms with E-state index in [1.54, 1.807) is 25.1 Å². The number of halogens is 1. The zero-order chi connectivity index (χ0) is 30.3. The fourth-order valence-corrected chi connectivity index (χ4v) is 7.05. The topological polar surface area (TPSA) is 86.8 Å². The Hall–Kier alpha value is -3.36. The third-order valence-electron chi connectivity index (χ3n) is 7.88. The van der Waals surface area contributed by atoms with Gasteiger partial charge in [-0.3, -0.25) is 13.9 Å². The van der Waals surface area contributed by atoms with Gasteiger partial charge in [-0.2, -0.15) is 0 Å². The molecule has 0 unspecified atom stereocenters. The summed E-state index contributed by atoms with van der Waals surface area (Å²) in [6.07, 6.45) is 5.55. The molecule has 1 atom stereocenters. The molecule has 1 N–H and O–H groups in total. The Bertz CT molecular complexity index is 1470. The smallest absolute Gasteiger partial charge is 0.264 e. The number of hydrogen-bond acceptors (Lipinski definition) is 4. The van der Waals surface area contributed by atoms with E-state index in [4.69, 9.17) is 11.6 Å². The highest BCUT2D eigenvalue weighted by Crippen LogP contribution is 2.28. The van der Waals surface area contributed by atoms with Crippen LogP contribution in [0.4, 0.5) is 5.69 Å².